The second kappa shape index (κ2) is 21.6. The van der Waals surface area contributed by atoms with Gasteiger partial charge in [-0.2, -0.15) is 9.13 Å². The van der Waals surface area contributed by atoms with E-state index in [2.05, 4.69) is 181 Å². The highest BCUT2D eigenvalue weighted by Gasteiger charge is 2.46. The first-order valence-corrected chi connectivity index (χ1v) is 28.2. The first kappa shape index (κ1) is 49.7. The highest BCUT2D eigenvalue weighted by atomic mass is 31.2. The van der Waals surface area contributed by atoms with Crippen molar-refractivity contribution in [3.8, 4) is 44.8 Å². The SMILES string of the molecule is CCOP(=O)(CC[n+]1ccc(-c2cc[n+](-c3ccc(C4(c5ccc(-[n+]6ccc(-c7cc[n+](CCP(=O)(OCC)OCC)cc7)cc6)c(C)c5)c5ccccc5-c5ccccc54)cc3C)cc2)cc1)OCC. The lowest BCUT2D eigenvalue weighted by Gasteiger charge is -2.34. The van der Waals surface area contributed by atoms with Crippen LogP contribution in [0.1, 0.15) is 61.1 Å². The lowest BCUT2D eigenvalue weighted by molar-refractivity contribution is -0.692. The second-order valence-corrected chi connectivity index (χ2v) is 22.2. The van der Waals surface area contributed by atoms with E-state index in [9.17, 15) is 9.13 Å². The van der Waals surface area contributed by atoms with Gasteiger partial charge in [-0.3, -0.25) is 9.13 Å². The zero-order valence-electron chi connectivity index (χ0n) is 41.6. The zero-order valence-corrected chi connectivity index (χ0v) is 43.4. The maximum Gasteiger partial charge on any atom is 0.337 e. The van der Waals surface area contributed by atoms with Gasteiger partial charge in [0.2, 0.25) is 11.4 Å². The van der Waals surface area contributed by atoms with Crippen molar-refractivity contribution in [3.05, 3.63) is 216 Å². The van der Waals surface area contributed by atoms with Crippen LogP contribution in [0.2, 0.25) is 0 Å². The molecule has 0 spiro atoms. The van der Waals surface area contributed by atoms with Crippen molar-refractivity contribution < 1.29 is 45.5 Å². The Labute approximate surface area is 418 Å². The van der Waals surface area contributed by atoms with Crippen molar-refractivity contribution in [2.24, 2.45) is 0 Å². The molecule has 9 rings (SSSR count). The first-order valence-electron chi connectivity index (χ1n) is 24.7. The minimum atomic E-state index is -3.12. The molecule has 0 fully saturated rings. The van der Waals surface area contributed by atoms with Gasteiger partial charge < -0.3 is 18.1 Å². The molecule has 10 nitrogen and oxygen atoms in total. The van der Waals surface area contributed by atoms with E-state index in [-0.39, 0.29) is 0 Å². The van der Waals surface area contributed by atoms with Crippen LogP contribution in [-0.2, 0) is 45.7 Å². The van der Waals surface area contributed by atoms with Crippen molar-refractivity contribution in [1.29, 1.82) is 0 Å². The molecule has 0 atom stereocenters. The van der Waals surface area contributed by atoms with E-state index in [1.54, 1.807) is 0 Å². The molecule has 4 heterocycles. The number of pyridine rings is 4. The van der Waals surface area contributed by atoms with Gasteiger partial charge in [-0.05, 0) is 109 Å². The van der Waals surface area contributed by atoms with E-state index in [1.807, 2.05) is 61.6 Å². The molecule has 4 aromatic heterocycles. The highest BCUT2D eigenvalue weighted by Crippen LogP contribution is 2.56. The quantitative estimate of drug-likeness (QED) is 0.0558. The van der Waals surface area contributed by atoms with Crippen LogP contribution in [0, 0.1) is 13.8 Å². The predicted octanol–water partition coefficient (Wildman–Crippen LogP) is 11.7. The third kappa shape index (κ3) is 10.3. The molecule has 0 amide bonds. The lowest BCUT2D eigenvalue weighted by Crippen LogP contribution is -2.34. The van der Waals surface area contributed by atoms with Gasteiger partial charge in [0.15, 0.2) is 62.7 Å². The molecule has 1 aliphatic carbocycles. The van der Waals surface area contributed by atoms with Gasteiger partial charge in [-0.15, -0.1) is 0 Å². The summed E-state index contributed by atoms with van der Waals surface area (Å²) in [5.41, 5.74) is 15.9. The molecule has 362 valence electrons. The van der Waals surface area contributed by atoms with Gasteiger partial charge in [0.1, 0.15) is 12.3 Å². The number of hydrogen-bond donors (Lipinski definition) is 0. The summed E-state index contributed by atoms with van der Waals surface area (Å²) in [5, 5.41) is 0. The number of rotatable bonds is 20. The molecule has 71 heavy (non-hydrogen) atoms. The van der Waals surface area contributed by atoms with Crippen LogP contribution in [-0.4, -0.2) is 38.8 Å². The van der Waals surface area contributed by atoms with Gasteiger partial charge >= 0.3 is 15.2 Å². The molecule has 4 aromatic carbocycles. The first-order chi connectivity index (χ1) is 34.5. The molecule has 0 saturated carbocycles. The van der Waals surface area contributed by atoms with Crippen LogP contribution in [0.15, 0.2) is 183 Å². The van der Waals surface area contributed by atoms with Gasteiger partial charge in [0.25, 0.3) is 0 Å². The summed E-state index contributed by atoms with van der Waals surface area (Å²) in [6, 6.07) is 48.6. The molecule has 0 saturated heterocycles. The number of benzene rings is 4. The average Bonchev–Trinajstić information content (AvgIpc) is 3.69. The Bertz CT molecular complexity index is 3000. The number of nitrogens with zero attached hydrogens (tertiary/aromatic N) is 4. The number of aromatic nitrogens is 4. The Hall–Kier alpha value is -6.22. The number of fused-ring (bicyclic) bond motifs is 3. The van der Waals surface area contributed by atoms with E-state index in [0.717, 1.165) is 33.6 Å². The van der Waals surface area contributed by atoms with E-state index in [0.29, 0.717) is 51.8 Å². The molecule has 8 aromatic rings. The van der Waals surface area contributed by atoms with Crippen molar-refractivity contribution in [1.82, 2.24) is 0 Å². The Kier molecular flexibility index (Phi) is 15.2. The monoisotopic (exact) mass is 986 g/mol. The normalized spacial score (nSPS) is 13.0. The van der Waals surface area contributed by atoms with Crippen LogP contribution in [0.5, 0.6) is 0 Å². The van der Waals surface area contributed by atoms with Crippen LogP contribution >= 0.6 is 15.2 Å². The summed E-state index contributed by atoms with van der Waals surface area (Å²) in [7, 11) is -6.23. The summed E-state index contributed by atoms with van der Waals surface area (Å²) < 4.78 is 56.4. The van der Waals surface area contributed by atoms with E-state index in [4.69, 9.17) is 18.1 Å². The molecule has 1 aliphatic rings. The summed E-state index contributed by atoms with van der Waals surface area (Å²) in [6.45, 7) is 14.3. The molecule has 0 aliphatic heterocycles. The molecule has 0 radical (unpaired) electrons. The largest absolute Gasteiger partial charge is 0.337 e. The topological polar surface area (TPSA) is 86.6 Å². The van der Waals surface area contributed by atoms with Crippen LogP contribution in [0.25, 0.3) is 44.8 Å². The Morgan fingerprint density at radius 2 is 0.746 bits per heavy atom. The van der Waals surface area contributed by atoms with Crippen molar-refractivity contribution >= 4 is 15.2 Å². The van der Waals surface area contributed by atoms with Crippen molar-refractivity contribution in [2.45, 2.75) is 60.0 Å². The number of hydrogen-bond acceptors (Lipinski definition) is 6. The van der Waals surface area contributed by atoms with E-state index < -0.39 is 20.6 Å². The standard InChI is InChI=1S/C59H64N4O6P2/c1-7-66-70(64,67-8-2)41-39-60-31-23-47(24-32-60)49-27-35-62(36-28-49)57-21-19-51(43-45(57)5)59(55-17-13-11-15-53(55)54-16-12-14-18-56(54)59)52-20-22-58(46(6)44-52)63-37-29-50(30-38-63)48-25-33-61(34-26-48)40-42-71(65,68-9-3)69-10-4/h11-38,43-44H,7-10,39-42H2,1-6H3/q+4. The smallest absolute Gasteiger partial charge is 0.309 e. The van der Waals surface area contributed by atoms with Gasteiger partial charge in [0.05, 0.1) is 31.8 Å². The maximum atomic E-state index is 13.0. The van der Waals surface area contributed by atoms with Crippen LogP contribution < -0.4 is 18.3 Å². The van der Waals surface area contributed by atoms with Crippen molar-refractivity contribution in [3.63, 3.8) is 0 Å². The summed E-state index contributed by atoms with van der Waals surface area (Å²) in [5.74, 6) is 0. The van der Waals surface area contributed by atoms with Crippen LogP contribution in [0.3, 0.4) is 0 Å². The zero-order chi connectivity index (χ0) is 49.6. The minimum Gasteiger partial charge on any atom is -0.309 e. The molecular weight excluding hydrogens is 923 g/mol. The molecule has 0 N–H and O–H groups in total. The summed E-state index contributed by atoms with van der Waals surface area (Å²) in [4.78, 5) is 0. The number of aryl methyl sites for hydroxylation is 4. The molecule has 12 heteroatoms. The van der Waals surface area contributed by atoms with E-state index in [1.165, 1.54) is 44.5 Å². The van der Waals surface area contributed by atoms with Gasteiger partial charge in [0, 0.05) is 71.8 Å². The summed E-state index contributed by atoms with van der Waals surface area (Å²) >= 11 is 0. The predicted molar refractivity (Wildman–Crippen MR) is 279 cm³/mol. The van der Waals surface area contributed by atoms with E-state index >= 15 is 0 Å². The minimum absolute atomic E-state index is 0.322. The van der Waals surface area contributed by atoms with Gasteiger partial charge in [-0.25, -0.2) is 9.13 Å². The Morgan fingerprint density at radius 3 is 1.07 bits per heavy atom. The Balaban J connectivity index is 0.982. The maximum absolute atomic E-state index is 13.0. The van der Waals surface area contributed by atoms with Crippen LogP contribution in [0.4, 0.5) is 0 Å². The van der Waals surface area contributed by atoms with Crippen molar-refractivity contribution in [2.75, 3.05) is 38.8 Å². The molecule has 0 bridgehead atoms. The summed E-state index contributed by atoms with van der Waals surface area (Å²) in [6.07, 6.45) is 17.2. The molecular formula is C59H64N4O6P2+4. The fourth-order valence-corrected chi connectivity index (χ4v) is 13.3. The lowest BCUT2D eigenvalue weighted by atomic mass is 9.67. The Morgan fingerprint density at radius 1 is 0.423 bits per heavy atom. The average molecular weight is 987 g/mol. The molecule has 0 unspecified atom stereocenters. The second-order valence-electron chi connectivity index (χ2n) is 17.8. The third-order valence-corrected chi connectivity index (χ3v) is 17.5. The fourth-order valence-electron chi connectivity index (χ4n) is 10.1. The highest BCUT2D eigenvalue weighted by molar-refractivity contribution is 7.54. The third-order valence-electron chi connectivity index (χ3n) is 13.4. The fraction of sp³-hybridized carbons (Fsp3) is 0.254. The van der Waals surface area contributed by atoms with Gasteiger partial charge in [-0.1, -0.05) is 60.7 Å².